The van der Waals surface area contributed by atoms with E-state index in [0.29, 0.717) is 18.1 Å². The highest BCUT2D eigenvalue weighted by atomic mass is 79.9. The quantitative estimate of drug-likeness (QED) is 0.389. The highest BCUT2D eigenvalue weighted by molar-refractivity contribution is 9.10. The van der Waals surface area contributed by atoms with Crippen molar-refractivity contribution in [3.63, 3.8) is 0 Å². The lowest BCUT2D eigenvalue weighted by Crippen LogP contribution is -2.41. The molecule has 3 aromatic rings. The molecule has 8 heteroatoms. The molecule has 0 fully saturated rings. The van der Waals surface area contributed by atoms with Crippen molar-refractivity contribution in [2.75, 3.05) is 23.7 Å². The second-order valence-electron chi connectivity index (χ2n) is 9.32. The van der Waals surface area contributed by atoms with E-state index in [1.54, 1.807) is 16.8 Å². The summed E-state index contributed by atoms with van der Waals surface area (Å²) in [5, 5.41) is 10.6. The van der Waals surface area contributed by atoms with E-state index < -0.39 is 0 Å². The first-order valence-electron chi connectivity index (χ1n) is 11.4. The zero-order valence-electron chi connectivity index (χ0n) is 20.4. The van der Waals surface area contributed by atoms with Gasteiger partial charge in [0.25, 0.3) is 0 Å². The number of carbonyl (C=O) groups excluding carboxylic acids is 2. The van der Waals surface area contributed by atoms with E-state index in [-0.39, 0.29) is 23.9 Å². The second kappa shape index (κ2) is 10.9. The van der Waals surface area contributed by atoms with Gasteiger partial charge in [-0.25, -0.2) is 9.48 Å². The van der Waals surface area contributed by atoms with Gasteiger partial charge in [-0.2, -0.15) is 5.10 Å². The molecule has 3 amide bonds. The van der Waals surface area contributed by atoms with Crippen LogP contribution in [0.3, 0.4) is 0 Å². The van der Waals surface area contributed by atoms with Crippen LogP contribution in [0.15, 0.2) is 59.1 Å². The lowest BCUT2D eigenvalue weighted by atomic mass is 9.92. The van der Waals surface area contributed by atoms with Crippen LogP contribution in [0.4, 0.5) is 16.3 Å². The van der Waals surface area contributed by atoms with E-state index in [1.165, 1.54) is 4.90 Å². The number of hydrogen-bond acceptors (Lipinski definition) is 3. The van der Waals surface area contributed by atoms with E-state index in [9.17, 15) is 9.59 Å². The molecular weight excluding hydrogens is 494 g/mol. The maximum absolute atomic E-state index is 13.0. The van der Waals surface area contributed by atoms with E-state index in [2.05, 4.69) is 47.3 Å². The minimum absolute atomic E-state index is 0.0694. The molecule has 0 atom stereocenters. The van der Waals surface area contributed by atoms with Crippen molar-refractivity contribution >= 4 is 39.4 Å². The normalized spacial score (nSPS) is 11.2. The summed E-state index contributed by atoms with van der Waals surface area (Å²) in [4.78, 5) is 27.4. The molecule has 0 aliphatic carbocycles. The summed E-state index contributed by atoms with van der Waals surface area (Å²) in [6.07, 6.45) is 0.733. The van der Waals surface area contributed by atoms with Gasteiger partial charge in [0, 0.05) is 28.2 Å². The number of benzene rings is 2. The van der Waals surface area contributed by atoms with Gasteiger partial charge >= 0.3 is 6.03 Å². The average molecular weight is 526 g/mol. The molecule has 0 spiro atoms. The second-order valence-corrected chi connectivity index (χ2v) is 10.2. The van der Waals surface area contributed by atoms with Gasteiger partial charge in [0.15, 0.2) is 0 Å². The van der Waals surface area contributed by atoms with Crippen molar-refractivity contribution in [3.8, 4) is 5.69 Å². The topological polar surface area (TPSA) is 79.3 Å². The smallest absolute Gasteiger partial charge is 0.315 e. The third kappa shape index (κ3) is 6.70. The summed E-state index contributed by atoms with van der Waals surface area (Å²) in [5.41, 5.74) is 3.31. The standard InChI is InChI=1S/C26H32BrN5O2/c1-6-14-31(25(34)28-20-12-10-19(27)11-13-20)17-24(33)29-23-16-22(26(3,4)5)30-32(23)21-9-7-8-18(2)15-21/h7-13,15-16H,6,14,17H2,1-5H3,(H,28,34)(H,29,33). The van der Waals surface area contributed by atoms with Crippen LogP contribution in [0.1, 0.15) is 45.4 Å². The molecule has 0 aliphatic rings. The molecule has 2 N–H and O–H groups in total. The number of rotatable bonds is 7. The Kier molecular flexibility index (Phi) is 8.15. The lowest BCUT2D eigenvalue weighted by molar-refractivity contribution is -0.116. The van der Waals surface area contributed by atoms with E-state index in [1.807, 2.05) is 56.3 Å². The highest BCUT2D eigenvalue weighted by Gasteiger charge is 2.23. The van der Waals surface area contributed by atoms with Gasteiger partial charge < -0.3 is 15.5 Å². The van der Waals surface area contributed by atoms with Gasteiger partial charge in [-0.15, -0.1) is 0 Å². The van der Waals surface area contributed by atoms with E-state index >= 15 is 0 Å². The summed E-state index contributed by atoms with van der Waals surface area (Å²) in [6, 6.07) is 16.8. The largest absolute Gasteiger partial charge is 0.322 e. The van der Waals surface area contributed by atoms with Crippen molar-refractivity contribution in [1.29, 1.82) is 0 Å². The maximum atomic E-state index is 13.0. The van der Waals surface area contributed by atoms with Crippen molar-refractivity contribution in [2.45, 2.75) is 46.5 Å². The molecule has 0 aliphatic heterocycles. The first-order valence-corrected chi connectivity index (χ1v) is 12.1. The number of aryl methyl sites for hydroxylation is 1. The minimum Gasteiger partial charge on any atom is -0.315 e. The van der Waals surface area contributed by atoms with Crippen molar-refractivity contribution in [1.82, 2.24) is 14.7 Å². The van der Waals surface area contributed by atoms with Crippen LogP contribution in [0.5, 0.6) is 0 Å². The third-order valence-corrected chi connectivity index (χ3v) is 5.73. The number of carbonyl (C=O) groups is 2. The molecule has 0 unspecified atom stereocenters. The Morgan fingerprint density at radius 1 is 1.06 bits per heavy atom. The predicted octanol–water partition coefficient (Wildman–Crippen LogP) is 6.12. The number of urea groups is 1. The van der Waals surface area contributed by atoms with Crippen molar-refractivity contribution in [2.24, 2.45) is 0 Å². The molecule has 0 saturated carbocycles. The van der Waals surface area contributed by atoms with Crippen LogP contribution in [-0.4, -0.2) is 39.7 Å². The Labute approximate surface area is 209 Å². The summed E-state index contributed by atoms with van der Waals surface area (Å²) in [6.45, 7) is 10.6. The molecule has 2 aromatic carbocycles. The fourth-order valence-corrected chi connectivity index (χ4v) is 3.67. The number of anilines is 2. The van der Waals surface area contributed by atoms with Crippen LogP contribution >= 0.6 is 15.9 Å². The Hall–Kier alpha value is -3.13. The van der Waals surface area contributed by atoms with Gasteiger partial charge in [0.2, 0.25) is 5.91 Å². The Morgan fingerprint density at radius 3 is 2.38 bits per heavy atom. The Morgan fingerprint density at radius 2 is 1.76 bits per heavy atom. The number of halogens is 1. The van der Waals surface area contributed by atoms with Crippen LogP contribution in [-0.2, 0) is 10.2 Å². The van der Waals surface area contributed by atoms with Gasteiger partial charge in [0.05, 0.1) is 11.4 Å². The van der Waals surface area contributed by atoms with Gasteiger partial charge in [-0.05, 0) is 55.3 Å². The Balaban J connectivity index is 1.79. The summed E-state index contributed by atoms with van der Waals surface area (Å²) in [7, 11) is 0. The first kappa shape index (κ1) is 25.5. The number of aromatic nitrogens is 2. The SMILES string of the molecule is CCCN(CC(=O)Nc1cc(C(C)(C)C)nn1-c1cccc(C)c1)C(=O)Nc1ccc(Br)cc1. The molecule has 0 radical (unpaired) electrons. The molecular formula is C26H32BrN5O2. The summed E-state index contributed by atoms with van der Waals surface area (Å²) < 4.78 is 2.67. The fraction of sp³-hybridized carbons (Fsp3) is 0.346. The van der Waals surface area contributed by atoms with Gasteiger partial charge in [0.1, 0.15) is 12.4 Å². The molecule has 7 nitrogen and oxygen atoms in total. The average Bonchev–Trinajstić information content (AvgIpc) is 3.19. The molecule has 180 valence electrons. The lowest BCUT2D eigenvalue weighted by Gasteiger charge is -2.22. The third-order valence-electron chi connectivity index (χ3n) is 5.20. The van der Waals surface area contributed by atoms with Crippen LogP contribution in [0.2, 0.25) is 0 Å². The highest BCUT2D eigenvalue weighted by Crippen LogP contribution is 2.26. The Bertz CT molecular complexity index is 1150. The van der Waals surface area contributed by atoms with Crippen LogP contribution in [0.25, 0.3) is 5.69 Å². The van der Waals surface area contributed by atoms with Crippen molar-refractivity contribution < 1.29 is 9.59 Å². The van der Waals surface area contributed by atoms with Crippen molar-refractivity contribution in [3.05, 3.63) is 70.3 Å². The summed E-state index contributed by atoms with van der Waals surface area (Å²) >= 11 is 3.39. The zero-order chi connectivity index (χ0) is 24.9. The molecule has 3 rings (SSSR count). The number of nitrogens with zero attached hydrogens (tertiary/aromatic N) is 3. The van der Waals surface area contributed by atoms with Crippen LogP contribution < -0.4 is 10.6 Å². The van der Waals surface area contributed by atoms with E-state index in [0.717, 1.165) is 27.8 Å². The minimum atomic E-state index is -0.318. The zero-order valence-corrected chi connectivity index (χ0v) is 21.9. The number of amides is 3. The molecule has 1 heterocycles. The van der Waals surface area contributed by atoms with Gasteiger partial charge in [-0.3, -0.25) is 4.79 Å². The van der Waals surface area contributed by atoms with Crippen LogP contribution in [0, 0.1) is 6.92 Å². The number of hydrogen-bond donors (Lipinski definition) is 2. The predicted molar refractivity (Wildman–Crippen MR) is 141 cm³/mol. The monoisotopic (exact) mass is 525 g/mol. The molecule has 34 heavy (non-hydrogen) atoms. The fourth-order valence-electron chi connectivity index (χ4n) is 3.41. The number of nitrogens with one attached hydrogen (secondary N) is 2. The maximum Gasteiger partial charge on any atom is 0.322 e. The first-order chi connectivity index (χ1) is 16.1. The molecule has 0 saturated heterocycles. The summed E-state index contributed by atoms with van der Waals surface area (Å²) in [5.74, 6) is 0.291. The van der Waals surface area contributed by atoms with Gasteiger partial charge in [-0.1, -0.05) is 55.8 Å². The molecule has 0 bridgehead atoms. The molecule has 1 aromatic heterocycles. The van der Waals surface area contributed by atoms with E-state index in [4.69, 9.17) is 5.10 Å².